The number of hydrogen-bond donors (Lipinski definition) is 1. The molecule has 2 saturated heterocycles. The molecule has 2 unspecified atom stereocenters. The van der Waals surface area contributed by atoms with Crippen molar-refractivity contribution in [2.45, 2.75) is 90.9 Å². The molecular weight excluding hydrogens is 697 g/mol. The second-order valence-corrected chi connectivity index (χ2v) is 16.3. The SMILES string of the molecule is CC(C)(C)OC(=O)Nc1sc2c(F)ccc(-c3c4c(c5c(N6C7CCC6CN(C(=O)OC(C)(C)C)C7)nc(C#N)nc5c3Cl)COC4)c2c1C#N. The summed E-state index contributed by atoms with van der Waals surface area (Å²) in [6, 6.07) is 6.90. The molecule has 12 nitrogen and oxygen atoms in total. The van der Waals surface area contributed by atoms with Crippen molar-refractivity contribution in [3.8, 4) is 23.3 Å². The maximum Gasteiger partial charge on any atom is 0.412 e. The third-order valence-electron chi connectivity index (χ3n) is 9.04. The Morgan fingerprint density at radius 1 is 1.00 bits per heavy atom. The fraction of sp³-hybridized carbons (Fsp3) is 0.444. The summed E-state index contributed by atoms with van der Waals surface area (Å²) in [5, 5.41) is 24.3. The zero-order valence-electron chi connectivity index (χ0n) is 28.9. The smallest absolute Gasteiger partial charge is 0.412 e. The molecule has 2 aromatic heterocycles. The van der Waals surface area contributed by atoms with Gasteiger partial charge in [0.25, 0.3) is 0 Å². The first-order chi connectivity index (χ1) is 24.1. The van der Waals surface area contributed by atoms with Gasteiger partial charge in [-0.1, -0.05) is 17.7 Å². The molecule has 0 aliphatic carbocycles. The lowest BCUT2D eigenvalue weighted by atomic mass is 9.90. The number of aromatic nitrogens is 2. The number of nitrogens with one attached hydrogen (secondary N) is 1. The third kappa shape index (κ3) is 6.15. The summed E-state index contributed by atoms with van der Waals surface area (Å²) in [7, 11) is 0. The summed E-state index contributed by atoms with van der Waals surface area (Å²) in [4.78, 5) is 39.0. The first-order valence-corrected chi connectivity index (χ1v) is 17.7. The number of carbonyl (C=O) groups excluding carboxylic acids is 2. The van der Waals surface area contributed by atoms with Gasteiger partial charge in [-0.3, -0.25) is 5.32 Å². The second kappa shape index (κ2) is 12.5. The highest BCUT2D eigenvalue weighted by molar-refractivity contribution is 7.23. The molecule has 15 heteroatoms. The van der Waals surface area contributed by atoms with Crippen LogP contribution in [0.2, 0.25) is 5.02 Å². The number of amides is 2. The lowest BCUT2D eigenvalue weighted by Gasteiger charge is -2.42. The molecule has 1 N–H and O–H groups in total. The number of benzene rings is 2. The minimum absolute atomic E-state index is 0.0553. The first kappa shape index (κ1) is 34.7. The zero-order chi connectivity index (χ0) is 36.6. The van der Waals surface area contributed by atoms with Crippen LogP contribution >= 0.6 is 22.9 Å². The average molecular weight is 732 g/mol. The van der Waals surface area contributed by atoms with Gasteiger partial charge in [-0.2, -0.15) is 10.5 Å². The Kier molecular flexibility index (Phi) is 8.48. The van der Waals surface area contributed by atoms with Crippen molar-refractivity contribution in [3.63, 3.8) is 0 Å². The number of carbonyl (C=O) groups is 2. The van der Waals surface area contributed by atoms with Crippen LogP contribution in [0.4, 0.5) is 24.8 Å². The van der Waals surface area contributed by atoms with E-state index >= 15 is 4.39 Å². The van der Waals surface area contributed by atoms with Crippen molar-refractivity contribution in [2.24, 2.45) is 0 Å². The van der Waals surface area contributed by atoms with Crippen LogP contribution in [-0.4, -0.2) is 63.4 Å². The van der Waals surface area contributed by atoms with Gasteiger partial charge in [-0.05, 0) is 77.1 Å². The topological polar surface area (TPSA) is 154 Å². The Bertz CT molecular complexity index is 2220. The number of nitrogens with zero attached hydrogens (tertiary/aromatic N) is 6. The molecule has 3 aliphatic rings. The zero-order valence-corrected chi connectivity index (χ0v) is 30.5. The molecular formula is C36H35ClFN7O5S. The lowest BCUT2D eigenvalue weighted by molar-refractivity contribution is 0.0209. The van der Waals surface area contributed by atoms with E-state index in [1.165, 1.54) is 6.07 Å². The minimum Gasteiger partial charge on any atom is -0.444 e. The van der Waals surface area contributed by atoms with Gasteiger partial charge in [0.05, 0.1) is 39.4 Å². The number of nitriles is 2. The molecule has 4 aromatic rings. The Morgan fingerprint density at radius 3 is 2.29 bits per heavy atom. The van der Waals surface area contributed by atoms with Crippen LogP contribution in [0.1, 0.15) is 76.9 Å². The van der Waals surface area contributed by atoms with E-state index in [1.54, 1.807) is 31.7 Å². The molecule has 2 aromatic carbocycles. The molecule has 2 bridgehead atoms. The average Bonchev–Trinajstić information content (AvgIpc) is 3.73. The van der Waals surface area contributed by atoms with Crippen LogP contribution in [-0.2, 0) is 27.4 Å². The number of fused-ring (bicyclic) bond motifs is 6. The summed E-state index contributed by atoms with van der Waals surface area (Å²) >= 11 is 8.23. The fourth-order valence-electron chi connectivity index (χ4n) is 7.23. The van der Waals surface area contributed by atoms with Crippen molar-refractivity contribution in [1.29, 1.82) is 10.5 Å². The van der Waals surface area contributed by atoms with E-state index < -0.39 is 23.1 Å². The van der Waals surface area contributed by atoms with Crippen LogP contribution in [0.3, 0.4) is 0 Å². The molecule has 3 aliphatic heterocycles. The number of rotatable bonds is 3. The van der Waals surface area contributed by atoms with Crippen molar-refractivity contribution in [3.05, 3.63) is 45.5 Å². The predicted molar refractivity (Wildman–Crippen MR) is 190 cm³/mol. The van der Waals surface area contributed by atoms with Gasteiger partial charge in [0.2, 0.25) is 5.82 Å². The Hall–Kier alpha value is -4.76. The lowest BCUT2D eigenvalue weighted by Crippen LogP contribution is -2.56. The maximum atomic E-state index is 15.4. The van der Waals surface area contributed by atoms with Gasteiger partial charge in [0.1, 0.15) is 40.0 Å². The van der Waals surface area contributed by atoms with Crippen LogP contribution in [0, 0.1) is 28.5 Å². The normalized spacial score (nSPS) is 18.5. The predicted octanol–water partition coefficient (Wildman–Crippen LogP) is 8.01. The summed E-state index contributed by atoms with van der Waals surface area (Å²) in [5.74, 6) is -0.112. The molecule has 5 heterocycles. The molecule has 2 amide bonds. The summed E-state index contributed by atoms with van der Waals surface area (Å²) in [5.41, 5.74) is 1.40. The number of halogens is 2. The van der Waals surface area contributed by atoms with Gasteiger partial charge in [0, 0.05) is 36.1 Å². The molecule has 2 fully saturated rings. The summed E-state index contributed by atoms with van der Waals surface area (Å²) in [6.45, 7) is 11.9. The Morgan fingerprint density at radius 2 is 1.67 bits per heavy atom. The van der Waals surface area contributed by atoms with E-state index in [1.807, 2.05) is 20.8 Å². The highest BCUT2D eigenvalue weighted by Crippen LogP contribution is 2.50. The van der Waals surface area contributed by atoms with Gasteiger partial charge in [0.15, 0.2) is 0 Å². The largest absolute Gasteiger partial charge is 0.444 e. The van der Waals surface area contributed by atoms with Crippen LogP contribution in [0.25, 0.3) is 32.1 Å². The van der Waals surface area contributed by atoms with Crippen LogP contribution < -0.4 is 10.2 Å². The summed E-state index contributed by atoms with van der Waals surface area (Å²) < 4.78 is 32.7. The number of piperazine rings is 1. The third-order valence-corrected chi connectivity index (χ3v) is 10.5. The standard InChI is InChI=1S/C36H35ClFN7O5S/c1-35(2,3)49-33(46)43-32-20(11-39)26-19(9-10-23(38)30(26)51-32)25-21-15-48-16-22(21)27-29(28(25)37)41-24(12-40)42-31(27)45-17-7-8-18(45)14-44(13-17)34(47)50-36(4,5)6/h9-10,17-18H,7-8,13-16H2,1-6H3,(H,43,46). The number of anilines is 2. The Balaban J connectivity index is 1.39. The van der Waals surface area contributed by atoms with Crippen molar-refractivity contribution in [1.82, 2.24) is 14.9 Å². The fourth-order valence-corrected chi connectivity index (χ4v) is 8.65. The van der Waals surface area contributed by atoms with Crippen LogP contribution in [0.5, 0.6) is 0 Å². The molecule has 7 rings (SSSR count). The molecule has 51 heavy (non-hydrogen) atoms. The highest BCUT2D eigenvalue weighted by atomic mass is 35.5. The molecule has 0 saturated carbocycles. The number of hydrogen-bond acceptors (Lipinski definition) is 11. The highest BCUT2D eigenvalue weighted by Gasteiger charge is 2.45. The van der Waals surface area contributed by atoms with Gasteiger partial charge in [-0.15, -0.1) is 11.3 Å². The Labute approximate surface area is 302 Å². The first-order valence-electron chi connectivity index (χ1n) is 16.5. The van der Waals surface area contributed by atoms with Crippen LogP contribution in [0.15, 0.2) is 12.1 Å². The van der Waals surface area contributed by atoms with E-state index in [-0.39, 0.29) is 62.9 Å². The number of likely N-dealkylation sites (tertiary alicyclic amines) is 1. The van der Waals surface area contributed by atoms with E-state index in [0.717, 1.165) is 35.3 Å². The van der Waals surface area contributed by atoms with Crippen molar-refractivity contribution in [2.75, 3.05) is 23.3 Å². The van der Waals surface area contributed by atoms with E-state index in [4.69, 9.17) is 30.8 Å². The van der Waals surface area contributed by atoms with Crippen molar-refractivity contribution < 1.29 is 28.2 Å². The molecule has 2 atom stereocenters. The number of thiophene rings is 1. The van der Waals surface area contributed by atoms with Crippen molar-refractivity contribution >= 4 is 66.9 Å². The van der Waals surface area contributed by atoms with Gasteiger partial charge >= 0.3 is 12.2 Å². The minimum atomic E-state index is -0.794. The van der Waals surface area contributed by atoms with Gasteiger partial charge in [-0.25, -0.2) is 23.9 Å². The maximum absolute atomic E-state index is 15.4. The van der Waals surface area contributed by atoms with E-state index in [2.05, 4.69) is 27.3 Å². The number of ether oxygens (including phenoxy) is 3. The molecule has 264 valence electrons. The van der Waals surface area contributed by atoms with E-state index in [9.17, 15) is 20.1 Å². The quantitative estimate of drug-likeness (QED) is 0.219. The molecule has 0 spiro atoms. The molecule has 0 radical (unpaired) electrons. The second-order valence-electron chi connectivity index (χ2n) is 14.9. The summed E-state index contributed by atoms with van der Waals surface area (Å²) in [6.07, 6.45) is 0.472. The van der Waals surface area contributed by atoms with E-state index in [0.29, 0.717) is 40.9 Å². The monoisotopic (exact) mass is 731 g/mol. The van der Waals surface area contributed by atoms with Gasteiger partial charge < -0.3 is 24.0 Å².